The summed E-state index contributed by atoms with van der Waals surface area (Å²) in [6, 6.07) is 11.5. The van der Waals surface area contributed by atoms with E-state index in [1.54, 1.807) is 27.5 Å². The fraction of sp³-hybridized carbons (Fsp3) is 0.320. The fourth-order valence-electron chi connectivity index (χ4n) is 4.19. The Hall–Kier alpha value is -4.01. The molecule has 4 rings (SSSR count). The van der Waals surface area contributed by atoms with Crippen LogP contribution >= 0.6 is 0 Å². The summed E-state index contributed by atoms with van der Waals surface area (Å²) in [6.07, 6.45) is 4.30. The number of methoxy groups -OCH3 is 2. The van der Waals surface area contributed by atoms with E-state index in [0.29, 0.717) is 23.6 Å². The average molecular weight is 463 g/mol. The third kappa shape index (κ3) is 4.16. The van der Waals surface area contributed by atoms with E-state index in [4.69, 9.17) is 14.6 Å². The molecule has 0 aliphatic carbocycles. The molecular weight excluding hydrogens is 432 g/mol. The Bertz CT molecular complexity index is 1220. The van der Waals surface area contributed by atoms with Crippen molar-refractivity contribution in [2.75, 3.05) is 33.2 Å². The van der Waals surface area contributed by atoms with Crippen LogP contribution in [0, 0.1) is 0 Å². The zero-order valence-electron chi connectivity index (χ0n) is 20.4. The number of carbonyl (C=O) groups excluding carboxylic acids is 1. The number of carbonyl (C=O) groups is 1. The van der Waals surface area contributed by atoms with Crippen LogP contribution in [0.1, 0.15) is 23.6 Å². The minimum absolute atomic E-state index is 0.150. The number of aromatic nitrogens is 2. The highest BCUT2D eigenvalue weighted by atomic mass is 16.5. The topological polar surface area (TPSA) is 84.2 Å². The molecule has 2 amide bonds. The standard InChI is InChI=1S/C25H30N6O3/c1-16-13-18-14-21(33-5)22(34-6)15-20(18)23(28-31(16)25(32)26-2)17-7-9-19(10-8-17)30(4)24-27-11-12-29(24)3/h7-12,14-16H,13H2,1-6H3,(H,26,32). The summed E-state index contributed by atoms with van der Waals surface area (Å²) in [5, 5.41) is 9.02. The van der Waals surface area contributed by atoms with Gasteiger partial charge in [-0.15, -0.1) is 0 Å². The second kappa shape index (κ2) is 9.46. The zero-order chi connectivity index (χ0) is 24.4. The number of amides is 2. The van der Waals surface area contributed by atoms with Gasteiger partial charge in [0.05, 0.1) is 26.0 Å². The average Bonchev–Trinajstić information content (AvgIpc) is 3.23. The van der Waals surface area contributed by atoms with E-state index in [-0.39, 0.29) is 12.1 Å². The SMILES string of the molecule is CNC(=O)N1N=C(c2ccc(N(C)c3nccn3C)cc2)c2cc(OC)c(OC)cc2CC1C. The summed E-state index contributed by atoms with van der Waals surface area (Å²) in [6.45, 7) is 1.98. The van der Waals surface area contributed by atoms with Crippen molar-refractivity contribution < 1.29 is 14.3 Å². The van der Waals surface area contributed by atoms with Crippen molar-refractivity contribution in [2.45, 2.75) is 19.4 Å². The molecule has 0 fully saturated rings. The Kier molecular flexibility index (Phi) is 6.45. The second-order valence-corrected chi connectivity index (χ2v) is 8.21. The number of urea groups is 1. The molecule has 1 aliphatic rings. The summed E-state index contributed by atoms with van der Waals surface area (Å²) in [4.78, 5) is 19.1. The first kappa shape index (κ1) is 23.2. The first-order chi connectivity index (χ1) is 16.4. The van der Waals surface area contributed by atoms with Crippen LogP contribution in [-0.2, 0) is 13.5 Å². The number of hydrogen-bond acceptors (Lipinski definition) is 6. The summed E-state index contributed by atoms with van der Waals surface area (Å²) < 4.78 is 13.1. The minimum Gasteiger partial charge on any atom is -0.493 e. The van der Waals surface area contributed by atoms with Gasteiger partial charge in [0, 0.05) is 50.4 Å². The van der Waals surface area contributed by atoms with E-state index < -0.39 is 0 Å². The molecule has 2 aromatic carbocycles. The number of rotatable bonds is 5. The molecule has 1 N–H and O–H groups in total. The smallest absolute Gasteiger partial charge is 0.337 e. The van der Waals surface area contributed by atoms with Crippen LogP contribution in [0.15, 0.2) is 53.9 Å². The number of hydrazone groups is 1. The monoisotopic (exact) mass is 462 g/mol. The lowest BCUT2D eigenvalue weighted by Crippen LogP contribution is -2.41. The predicted octanol–water partition coefficient (Wildman–Crippen LogP) is 3.54. The quantitative estimate of drug-likeness (QED) is 0.627. The van der Waals surface area contributed by atoms with Crippen LogP contribution in [0.4, 0.5) is 16.4 Å². The first-order valence-corrected chi connectivity index (χ1v) is 11.0. The van der Waals surface area contributed by atoms with Crippen molar-refractivity contribution in [3.63, 3.8) is 0 Å². The maximum absolute atomic E-state index is 12.7. The highest BCUT2D eigenvalue weighted by molar-refractivity contribution is 6.14. The predicted molar refractivity (Wildman–Crippen MR) is 132 cm³/mol. The molecule has 9 nitrogen and oxygen atoms in total. The molecule has 34 heavy (non-hydrogen) atoms. The summed E-state index contributed by atoms with van der Waals surface area (Å²) in [7, 11) is 8.77. The molecule has 0 spiro atoms. The largest absolute Gasteiger partial charge is 0.493 e. The van der Waals surface area contributed by atoms with Gasteiger partial charge < -0.3 is 24.3 Å². The van der Waals surface area contributed by atoms with Crippen molar-refractivity contribution in [1.29, 1.82) is 0 Å². The van der Waals surface area contributed by atoms with Crippen molar-refractivity contribution >= 4 is 23.4 Å². The van der Waals surface area contributed by atoms with Gasteiger partial charge in [-0.2, -0.15) is 5.10 Å². The number of benzene rings is 2. The lowest BCUT2D eigenvalue weighted by atomic mass is 9.94. The molecule has 0 bridgehead atoms. The zero-order valence-corrected chi connectivity index (χ0v) is 20.4. The Morgan fingerprint density at radius 1 is 1.15 bits per heavy atom. The first-order valence-electron chi connectivity index (χ1n) is 11.0. The molecule has 1 aliphatic heterocycles. The molecule has 1 unspecified atom stereocenters. The van der Waals surface area contributed by atoms with Gasteiger partial charge in [0.1, 0.15) is 0 Å². The van der Waals surface area contributed by atoms with Crippen LogP contribution in [0.2, 0.25) is 0 Å². The van der Waals surface area contributed by atoms with E-state index in [2.05, 4.69) is 10.3 Å². The van der Waals surface area contributed by atoms with Gasteiger partial charge in [-0.3, -0.25) is 0 Å². The number of nitrogens with zero attached hydrogens (tertiary/aromatic N) is 5. The molecule has 0 saturated heterocycles. The van der Waals surface area contributed by atoms with Gasteiger partial charge >= 0.3 is 6.03 Å². The highest BCUT2D eigenvalue weighted by Crippen LogP contribution is 2.35. The Labute approximate surface area is 199 Å². The molecule has 1 aromatic heterocycles. The van der Waals surface area contributed by atoms with Crippen LogP contribution in [-0.4, -0.2) is 60.7 Å². The molecule has 9 heteroatoms. The number of aryl methyl sites for hydroxylation is 1. The van der Waals surface area contributed by atoms with E-state index in [9.17, 15) is 4.79 Å². The van der Waals surface area contributed by atoms with Gasteiger partial charge in [-0.25, -0.2) is 14.8 Å². The Balaban J connectivity index is 1.82. The highest BCUT2D eigenvalue weighted by Gasteiger charge is 2.28. The van der Waals surface area contributed by atoms with Gasteiger partial charge in [-0.1, -0.05) is 12.1 Å². The lowest BCUT2D eigenvalue weighted by molar-refractivity contribution is 0.184. The van der Waals surface area contributed by atoms with Crippen LogP contribution in [0.25, 0.3) is 0 Å². The van der Waals surface area contributed by atoms with Crippen LogP contribution in [0.3, 0.4) is 0 Å². The normalized spacial score (nSPS) is 15.2. The van der Waals surface area contributed by atoms with Gasteiger partial charge in [-0.05, 0) is 43.2 Å². The van der Waals surface area contributed by atoms with E-state index in [1.165, 1.54) is 5.01 Å². The van der Waals surface area contributed by atoms with Crippen molar-refractivity contribution in [3.8, 4) is 11.5 Å². The molecule has 1 atom stereocenters. The second-order valence-electron chi connectivity index (χ2n) is 8.21. The molecule has 0 saturated carbocycles. The maximum atomic E-state index is 12.7. The molecule has 2 heterocycles. The maximum Gasteiger partial charge on any atom is 0.337 e. The summed E-state index contributed by atoms with van der Waals surface area (Å²) >= 11 is 0. The van der Waals surface area contributed by atoms with E-state index in [0.717, 1.165) is 28.3 Å². The molecular formula is C25H30N6O3. The van der Waals surface area contributed by atoms with Crippen molar-refractivity contribution in [1.82, 2.24) is 19.9 Å². The summed E-state index contributed by atoms with van der Waals surface area (Å²) in [5.74, 6) is 2.09. The number of hydrogen-bond donors (Lipinski definition) is 1. The van der Waals surface area contributed by atoms with Gasteiger partial charge in [0.15, 0.2) is 11.5 Å². The van der Waals surface area contributed by atoms with Crippen LogP contribution in [0.5, 0.6) is 11.5 Å². The van der Waals surface area contributed by atoms with E-state index in [1.807, 2.05) is 73.1 Å². The fourth-order valence-corrected chi connectivity index (χ4v) is 4.19. The number of nitrogens with one attached hydrogen (secondary N) is 1. The Morgan fingerprint density at radius 2 is 1.82 bits per heavy atom. The minimum atomic E-state index is -0.261. The van der Waals surface area contributed by atoms with Gasteiger partial charge in [0.2, 0.25) is 5.95 Å². The number of anilines is 2. The third-order valence-electron chi connectivity index (χ3n) is 6.05. The van der Waals surface area contributed by atoms with E-state index >= 15 is 0 Å². The Morgan fingerprint density at radius 3 is 2.41 bits per heavy atom. The third-order valence-corrected chi connectivity index (χ3v) is 6.05. The van der Waals surface area contributed by atoms with Crippen molar-refractivity contribution in [2.24, 2.45) is 12.1 Å². The van der Waals surface area contributed by atoms with Crippen molar-refractivity contribution in [3.05, 3.63) is 65.5 Å². The number of ether oxygens (including phenoxy) is 2. The number of imidazole rings is 1. The van der Waals surface area contributed by atoms with Gasteiger partial charge in [0.25, 0.3) is 0 Å². The molecule has 0 radical (unpaired) electrons. The molecule has 178 valence electrons. The number of fused-ring (bicyclic) bond motifs is 1. The van der Waals surface area contributed by atoms with Crippen LogP contribution < -0.4 is 19.7 Å². The molecule has 3 aromatic rings. The summed E-state index contributed by atoms with van der Waals surface area (Å²) in [5.41, 5.74) is 4.49. The lowest BCUT2D eigenvalue weighted by Gasteiger charge is -2.22.